The van der Waals surface area contributed by atoms with Crippen molar-refractivity contribution in [2.75, 3.05) is 12.4 Å². The molecule has 2 aromatic rings. The Kier molecular flexibility index (Phi) is 4.92. The second-order valence-electron chi connectivity index (χ2n) is 6.22. The first-order valence-electron chi connectivity index (χ1n) is 7.95. The van der Waals surface area contributed by atoms with Gasteiger partial charge in [-0.2, -0.15) is 0 Å². The zero-order valence-electron chi connectivity index (χ0n) is 13.8. The van der Waals surface area contributed by atoms with Crippen molar-refractivity contribution in [3.05, 3.63) is 35.2 Å². The normalized spacial score (nSPS) is 15.7. The zero-order valence-corrected chi connectivity index (χ0v) is 14.6. The van der Waals surface area contributed by atoms with Crippen molar-refractivity contribution in [3.8, 4) is 5.75 Å². The molecule has 1 atom stereocenters. The van der Waals surface area contributed by atoms with Gasteiger partial charge < -0.3 is 14.4 Å². The van der Waals surface area contributed by atoms with E-state index < -0.39 is 6.10 Å². The first-order valence-corrected chi connectivity index (χ1v) is 8.93. The summed E-state index contributed by atoms with van der Waals surface area (Å²) in [7, 11) is 1.99. The maximum Gasteiger partial charge on any atom is 0.191 e. The van der Waals surface area contributed by atoms with Crippen LogP contribution in [-0.2, 0) is 7.05 Å². The highest BCUT2D eigenvalue weighted by atomic mass is 32.2. The molecule has 6 heteroatoms. The lowest BCUT2D eigenvalue weighted by molar-refractivity contribution is 0.126. The van der Waals surface area contributed by atoms with Crippen LogP contribution in [0.2, 0.25) is 0 Å². The molecule has 0 saturated heterocycles. The highest BCUT2D eigenvalue weighted by molar-refractivity contribution is 7.99. The molecule has 1 aliphatic carbocycles. The van der Waals surface area contributed by atoms with Crippen LogP contribution in [0.5, 0.6) is 5.75 Å². The van der Waals surface area contributed by atoms with Crippen LogP contribution in [0.15, 0.2) is 23.4 Å². The van der Waals surface area contributed by atoms with Gasteiger partial charge in [0.1, 0.15) is 18.2 Å². The van der Waals surface area contributed by atoms with E-state index in [1.54, 1.807) is 0 Å². The van der Waals surface area contributed by atoms with Gasteiger partial charge in [0.2, 0.25) is 0 Å². The number of thioether (sulfide) groups is 1. The van der Waals surface area contributed by atoms with Crippen molar-refractivity contribution in [1.29, 1.82) is 0 Å². The summed E-state index contributed by atoms with van der Waals surface area (Å²) in [6.45, 7) is 4.35. The SMILES string of the molecule is Cc1ccc(OCC(O)CSc2nnc(C3CC3)n2C)c(C)c1. The van der Waals surface area contributed by atoms with Gasteiger partial charge in [0, 0.05) is 18.7 Å². The van der Waals surface area contributed by atoms with E-state index in [-0.39, 0.29) is 6.61 Å². The molecule has 3 rings (SSSR count). The second-order valence-corrected chi connectivity index (χ2v) is 7.21. The van der Waals surface area contributed by atoms with Gasteiger partial charge in [-0.3, -0.25) is 0 Å². The van der Waals surface area contributed by atoms with Gasteiger partial charge in [-0.15, -0.1) is 10.2 Å². The molecule has 0 radical (unpaired) electrons. The fourth-order valence-corrected chi connectivity index (χ4v) is 3.34. The Labute approximate surface area is 141 Å². The largest absolute Gasteiger partial charge is 0.491 e. The third kappa shape index (κ3) is 4.06. The molecule has 23 heavy (non-hydrogen) atoms. The summed E-state index contributed by atoms with van der Waals surface area (Å²) in [5.41, 5.74) is 2.30. The van der Waals surface area contributed by atoms with Crippen LogP contribution < -0.4 is 4.74 Å². The fourth-order valence-electron chi connectivity index (χ4n) is 2.51. The summed E-state index contributed by atoms with van der Waals surface area (Å²) in [6.07, 6.45) is 1.88. The molecule has 1 heterocycles. The molecule has 124 valence electrons. The molecule has 1 unspecified atom stereocenters. The van der Waals surface area contributed by atoms with Crippen molar-refractivity contribution in [2.45, 2.75) is 43.9 Å². The molecule has 1 N–H and O–H groups in total. The summed E-state index contributed by atoms with van der Waals surface area (Å²) in [5.74, 6) is 3.02. The summed E-state index contributed by atoms with van der Waals surface area (Å²) in [5, 5.41) is 19.5. The number of hydrogen-bond donors (Lipinski definition) is 1. The third-order valence-corrected chi connectivity index (χ3v) is 5.14. The maximum absolute atomic E-state index is 10.1. The van der Waals surface area contributed by atoms with E-state index in [9.17, 15) is 5.11 Å². The average Bonchev–Trinajstić information content (AvgIpc) is 3.28. The minimum Gasteiger partial charge on any atom is -0.491 e. The van der Waals surface area contributed by atoms with Crippen molar-refractivity contribution >= 4 is 11.8 Å². The highest BCUT2D eigenvalue weighted by Crippen LogP contribution is 2.39. The summed E-state index contributed by atoms with van der Waals surface area (Å²) < 4.78 is 7.76. The van der Waals surface area contributed by atoms with Gasteiger partial charge in [-0.1, -0.05) is 29.5 Å². The van der Waals surface area contributed by atoms with Crippen LogP contribution in [0.25, 0.3) is 0 Å². The Morgan fingerprint density at radius 3 is 2.83 bits per heavy atom. The summed E-state index contributed by atoms with van der Waals surface area (Å²) in [6, 6.07) is 6.05. The minimum atomic E-state index is -0.540. The molecule has 1 aromatic carbocycles. The van der Waals surface area contributed by atoms with Crippen LogP contribution in [0.1, 0.15) is 35.7 Å². The summed E-state index contributed by atoms with van der Waals surface area (Å²) >= 11 is 1.52. The molecule has 0 amide bonds. The molecule has 1 fully saturated rings. The predicted octanol–water partition coefficient (Wildman–Crippen LogP) is 2.84. The monoisotopic (exact) mass is 333 g/mol. The first kappa shape index (κ1) is 16.3. The highest BCUT2D eigenvalue weighted by Gasteiger charge is 2.29. The van der Waals surface area contributed by atoms with Gasteiger partial charge in [0.15, 0.2) is 5.16 Å². The lowest BCUT2D eigenvalue weighted by Crippen LogP contribution is -2.20. The van der Waals surface area contributed by atoms with Crippen molar-refractivity contribution in [3.63, 3.8) is 0 Å². The average molecular weight is 333 g/mol. The number of aryl methyl sites for hydroxylation is 2. The zero-order chi connectivity index (χ0) is 16.4. The molecule has 1 saturated carbocycles. The molecular formula is C17H23N3O2S. The van der Waals surface area contributed by atoms with Crippen LogP contribution in [0.3, 0.4) is 0 Å². The Balaban J connectivity index is 1.48. The smallest absolute Gasteiger partial charge is 0.191 e. The van der Waals surface area contributed by atoms with Gasteiger partial charge >= 0.3 is 0 Å². The van der Waals surface area contributed by atoms with Crippen LogP contribution in [-0.4, -0.2) is 38.3 Å². The number of hydrogen-bond acceptors (Lipinski definition) is 5. The minimum absolute atomic E-state index is 0.282. The van der Waals surface area contributed by atoms with E-state index in [4.69, 9.17) is 4.74 Å². The quantitative estimate of drug-likeness (QED) is 0.790. The fraction of sp³-hybridized carbons (Fsp3) is 0.529. The molecule has 5 nitrogen and oxygen atoms in total. The molecule has 0 aliphatic heterocycles. The van der Waals surface area contributed by atoms with Crippen LogP contribution in [0.4, 0.5) is 0 Å². The van der Waals surface area contributed by atoms with E-state index in [1.807, 2.05) is 30.7 Å². The van der Waals surface area contributed by atoms with E-state index >= 15 is 0 Å². The number of benzene rings is 1. The number of rotatable bonds is 7. The van der Waals surface area contributed by atoms with E-state index in [0.29, 0.717) is 11.7 Å². The van der Waals surface area contributed by atoms with E-state index in [1.165, 1.54) is 30.2 Å². The van der Waals surface area contributed by atoms with Crippen molar-refractivity contribution in [2.24, 2.45) is 7.05 Å². The predicted molar refractivity (Wildman–Crippen MR) is 91.1 cm³/mol. The second kappa shape index (κ2) is 6.93. The van der Waals surface area contributed by atoms with Gasteiger partial charge in [0.25, 0.3) is 0 Å². The Hall–Kier alpha value is -1.53. The number of aliphatic hydroxyl groups is 1. The van der Waals surface area contributed by atoms with Gasteiger partial charge in [-0.05, 0) is 38.3 Å². The number of nitrogens with zero attached hydrogens (tertiary/aromatic N) is 3. The van der Waals surface area contributed by atoms with E-state index in [2.05, 4.69) is 23.2 Å². The van der Waals surface area contributed by atoms with Crippen molar-refractivity contribution in [1.82, 2.24) is 14.8 Å². The Bertz CT molecular complexity index is 682. The lowest BCUT2D eigenvalue weighted by Gasteiger charge is -2.13. The third-order valence-electron chi connectivity index (χ3n) is 3.98. The maximum atomic E-state index is 10.1. The topological polar surface area (TPSA) is 60.2 Å². The van der Waals surface area contributed by atoms with Gasteiger partial charge in [-0.25, -0.2) is 0 Å². The first-order chi connectivity index (χ1) is 11.0. The molecule has 0 spiro atoms. The van der Waals surface area contributed by atoms with Crippen molar-refractivity contribution < 1.29 is 9.84 Å². The number of ether oxygens (including phenoxy) is 1. The van der Waals surface area contributed by atoms with Crippen LogP contribution in [0, 0.1) is 13.8 Å². The molecule has 1 aliphatic rings. The summed E-state index contributed by atoms with van der Waals surface area (Å²) in [4.78, 5) is 0. The molecule has 0 bridgehead atoms. The molecular weight excluding hydrogens is 310 g/mol. The number of aromatic nitrogens is 3. The van der Waals surface area contributed by atoms with E-state index in [0.717, 1.165) is 22.3 Å². The Morgan fingerprint density at radius 1 is 1.35 bits per heavy atom. The van der Waals surface area contributed by atoms with Crippen LogP contribution >= 0.6 is 11.8 Å². The lowest BCUT2D eigenvalue weighted by atomic mass is 10.1. The Morgan fingerprint density at radius 2 is 2.13 bits per heavy atom. The molecule has 1 aromatic heterocycles. The number of aliphatic hydroxyl groups excluding tert-OH is 1. The standard InChI is InChI=1S/C17H23N3O2S/c1-11-4-7-15(12(2)8-11)22-9-14(21)10-23-17-19-18-16(20(17)3)13-5-6-13/h4,7-8,13-14,21H,5-6,9-10H2,1-3H3. The van der Waals surface area contributed by atoms with Gasteiger partial charge in [0.05, 0.1) is 6.10 Å².